The molecule has 7 heteroatoms. The summed E-state index contributed by atoms with van der Waals surface area (Å²) in [5, 5.41) is 3.24. The van der Waals surface area contributed by atoms with E-state index in [9.17, 15) is 0 Å². The highest BCUT2D eigenvalue weighted by molar-refractivity contribution is 5.57. The second kappa shape index (κ2) is 8.43. The van der Waals surface area contributed by atoms with Crippen LogP contribution in [-0.2, 0) is 9.47 Å². The van der Waals surface area contributed by atoms with Crippen molar-refractivity contribution in [3.05, 3.63) is 41.6 Å². The monoisotopic (exact) mass is 383 g/mol. The van der Waals surface area contributed by atoms with Gasteiger partial charge in [0.2, 0.25) is 5.95 Å². The Balaban J connectivity index is 1.40. The maximum atomic E-state index is 6.11. The van der Waals surface area contributed by atoms with Crippen LogP contribution in [0.1, 0.15) is 50.0 Å². The van der Waals surface area contributed by atoms with E-state index in [2.05, 4.69) is 34.0 Å². The van der Waals surface area contributed by atoms with Crippen molar-refractivity contribution in [1.82, 2.24) is 14.9 Å². The summed E-state index contributed by atoms with van der Waals surface area (Å²) in [7, 11) is 0. The lowest BCUT2D eigenvalue weighted by atomic mass is 10.2. The van der Waals surface area contributed by atoms with Crippen molar-refractivity contribution in [2.24, 2.45) is 0 Å². The van der Waals surface area contributed by atoms with Gasteiger partial charge >= 0.3 is 0 Å². The number of nitrogens with two attached hydrogens (primary N) is 1. The zero-order valence-corrected chi connectivity index (χ0v) is 16.6. The number of benzene rings is 1. The molecule has 1 saturated heterocycles. The highest BCUT2D eigenvalue weighted by Crippen LogP contribution is 2.42. The van der Waals surface area contributed by atoms with Gasteiger partial charge in [0.25, 0.3) is 0 Å². The van der Waals surface area contributed by atoms with E-state index in [0.29, 0.717) is 24.3 Å². The number of hydrogen-bond donors (Lipinski definition) is 2. The fourth-order valence-corrected chi connectivity index (χ4v) is 3.55. The van der Waals surface area contributed by atoms with Crippen LogP contribution >= 0.6 is 0 Å². The Labute approximate surface area is 166 Å². The number of nitrogen functional groups attached to an aromatic ring is 1. The van der Waals surface area contributed by atoms with E-state index < -0.39 is 0 Å². The largest absolute Gasteiger partial charge is 0.383 e. The molecule has 1 aromatic carbocycles. The third kappa shape index (κ3) is 4.43. The number of likely N-dealkylation sites (N-methyl/N-ethyl adjacent to an activating group) is 1. The summed E-state index contributed by atoms with van der Waals surface area (Å²) in [6.07, 6.45) is 3.95. The van der Waals surface area contributed by atoms with Crippen molar-refractivity contribution >= 4 is 17.5 Å². The lowest BCUT2D eigenvalue weighted by Crippen LogP contribution is -2.33. The van der Waals surface area contributed by atoms with Crippen LogP contribution in [0.5, 0.6) is 0 Å². The number of anilines is 3. The quantitative estimate of drug-likeness (QED) is 0.722. The van der Waals surface area contributed by atoms with E-state index >= 15 is 0 Å². The lowest BCUT2D eigenvalue weighted by Gasteiger charge is -2.21. The number of hydrogen-bond acceptors (Lipinski definition) is 7. The van der Waals surface area contributed by atoms with Crippen LogP contribution in [-0.4, -0.2) is 47.2 Å². The van der Waals surface area contributed by atoms with Crippen molar-refractivity contribution in [2.75, 3.05) is 37.3 Å². The summed E-state index contributed by atoms with van der Waals surface area (Å²) in [5.74, 6) is 1.61. The first-order valence-corrected chi connectivity index (χ1v) is 10.1. The van der Waals surface area contributed by atoms with E-state index in [-0.39, 0.29) is 12.4 Å². The van der Waals surface area contributed by atoms with Crippen molar-refractivity contribution < 1.29 is 9.47 Å². The molecule has 2 heterocycles. The van der Waals surface area contributed by atoms with Crippen LogP contribution in [0, 0.1) is 0 Å². The van der Waals surface area contributed by atoms with Crippen molar-refractivity contribution in [3.8, 4) is 0 Å². The average molecular weight is 383 g/mol. The van der Waals surface area contributed by atoms with Crippen LogP contribution in [0.4, 0.5) is 17.5 Å². The molecule has 3 N–H and O–H groups in total. The summed E-state index contributed by atoms with van der Waals surface area (Å²) < 4.78 is 12.0. The molecule has 2 atom stereocenters. The third-order valence-electron chi connectivity index (χ3n) is 5.39. The molecule has 2 aliphatic rings. The van der Waals surface area contributed by atoms with Crippen molar-refractivity contribution in [3.63, 3.8) is 0 Å². The molecule has 4 rings (SSSR count). The third-order valence-corrected chi connectivity index (χ3v) is 5.39. The lowest BCUT2D eigenvalue weighted by molar-refractivity contribution is -0.0639. The van der Waals surface area contributed by atoms with Crippen molar-refractivity contribution in [2.45, 2.75) is 45.0 Å². The van der Waals surface area contributed by atoms with Gasteiger partial charge < -0.3 is 25.4 Å². The molecular weight excluding hydrogens is 354 g/mol. The van der Waals surface area contributed by atoms with Gasteiger partial charge in [-0.25, -0.2) is 4.98 Å². The Kier molecular flexibility index (Phi) is 5.75. The van der Waals surface area contributed by atoms with Gasteiger partial charge in [-0.15, -0.1) is 0 Å². The molecule has 7 nitrogen and oxygen atoms in total. The molecule has 0 bridgehead atoms. The molecule has 150 valence electrons. The standard InChI is InChI=1S/C21H29N5O2/c1-3-26(4-2)12-17-13-27-20(28-17)15-6-5-7-16(10-15)24-21-23-11-18(14-8-9-14)19(22)25-21/h5-7,10-11,14,17,20H,3-4,8-9,12-13H2,1-2H3,(H3,22,23,24,25). The summed E-state index contributed by atoms with van der Waals surface area (Å²) in [6.45, 7) is 7.87. The SMILES string of the molecule is CCN(CC)CC1COC(c2cccc(Nc3ncc(C4CC4)c(N)n3)c2)O1. The second-order valence-electron chi connectivity index (χ2n) is 7.47. The predicted molar refractivity (Wildman–Crippen MR) is 109 cm³/mol. The first-order valence-electron chi connectivity index (χ1n) is 10.1. The van der Waals surface area contributed by atoms with Crippen molar-refractivity contribution in [1.29, 1.82) is 0 Å². The fraction of sp³-hybridized carbons (Fsp3) is 0.524. The molecule has 2 fully saturated rings. The molecule has 2 unspecified atom stereocenters. The van der Waals surface area contributed by atoms with Gasteiger partial charge in [0.05, 0.1) is 12.7 Å². The minimum absolute atomic E-state index is 0.0969. The summed E-state index contributed by atoms with van der Waals surface area (Å²) >= 11 is 0. The summed E-state index contributed by atoms with van der Waals surface area (Å²) in [6, 6.07) is 7.98. The van der Waals surface area contributed by atoms with Gasteiger partial charge in [-0.1, -0.05) is 26.0 Å². The Hall–Kier alpha value is -2.22. The molecule has 1 saturated carbocycles. The molecular formula is C21H29N5O2. The van der Waals surface area contributed by atoms with Gasteiger partial charge in [-0.2, -0.15) is 4.98 Å². The average Bonchev–Trinajstić information content (AvgIpc) is 3.44. The summed E-state index contributed by atoms with van der Waals surface area (Å²) in [5.41, 5.74) is 9.02. The molecule has 0 spiro atoms. The molecule has 1 aromatic heterocycles. The Morgan fingerprint density at radius 1 is 1.25 bits per heavy atom. The first kappa shape index (κ1) is 19.1. The highest BCUT2D eigenvalue weighted by Gasteiger charge is 2.29. The zero-order chi connectivity index (χ0) is 19.5. The molecule has 28 heavy (non-hydrogen) atoms. The van der Waals surface area contributed by atoms with Gasteiger partial charge in [-0.3, -0.25) is 0 Å². The summed E-state index contributed by atoms with van der Waals surface area (Å²) in [4.78, 5) is 11.2. The van der Waals surface area contributed by atoms with E-state index in [1.165, 1.54) is 12.8 Å². The van der Waals surface area contributed by atoms with E-state index in [0.717, 1.165) is 36.4 Å². The van der Waals surface area contributed by atoms with Crippen LogP contribution in [0.15, 0.2) is 30.5 Å². The minimum Gasteiger partial charge on any atom is -0.383 e. The molecule has 0 amide bonds. The smallest absolute Gasteiger partial charge is 0.229 e. The number of nitrogens with zero attached hydrogens (tertiary/aromatic N) is 3. The van der Waals surface area contributed by atoms with E-state index in [4.69, 9.17) is 15.2 Å². The molecule has 1 aliphatic carbocycles. The number of ether oxygens (including phenoxy) is 2. The number of aromatic nitrogens is 2. The topological polar surface area (TPSA) is 85.5 Å². The number of nitrogens with one attached hydrogen (secondary N) is 1. The normalized spacial score (nSPS) is 22.0. The maximum Gasteiger partial charge on any atom is 0.229 e. The Bertz CT molecular complexity index is 807. The van der Waals surface area contributed by atoms with Gasteiger partial charge in [-0.05, 0) is 44.0 Å². The van der Waals surface area contributed by atoms with Crippen LogP contribution in [0.25, 0.3) is 0 Å². The molecule has 1 aliphatic heterocycles. The minimum atomic E-state index is -0.342. The first-order chi connectivity index (χ1) is 13.7. The van der Waals surface area contributed by atoms with E-state index in [1.807, 2.05) is 30.5 Å². The highest BCUT2D eigenvalue weighted by atomic mass is 16.7. The van der Waals surface area contributed by atoms with E-state index in [1.54, 1.807) is 0 Å². The predicted octanol–water partition coefficient (Wildman–Crippen LogP) is 3.44. The second-order valence-corrected chi connectivity index (χ2v) is 7.47. The maximum absolute atomic E-state index is 6.11. The number of rotatable bonds is 8. The molecule has 2 aromatic rings. The van der Waals surface area contributed by atoms with Gasteiger partial charge in [0.1, 0.15) is 5.82 Å². The van der Waals surface area contributed by atoms with Crippen LogP contribution in [0.2, 0.25) is 0 Å². The fourth-order valence-electron chi connectivity index (χ4n) is 3.55. The van der Waals surface area contributed by atoms with Gasteiger partial charge in [0.15, 0.2) is 6.29 Å². The molecule has 0 radical (unpaired) electrons. The van der Waals surface area contributed by atoms with Crippen LogP contribution in [0.3, 0.4) is 0 Å². The van der Waals surface area contributed by atoms with Gasteiger partial charge in [0, 0.05) is 29.6 Å². The Morgan fingerprint density at radius 3 is 2.79 bits per heavy atom. The van der Waals surface area contributed by atoms with Crippen LogP contribution < -0.4 is 11.1 Å². The Morgan fingerprint density at radius 2 is 2.07 bits per heavy atom. The zero-order valence-electron chi connectivity index (χ0n) is 16.6.